The number of hydrogen-bond donors (Lipinski definition) is 1. The fourth-order valence-corrected chi connectivity index (χ4v) is 4.12. The van der Waals surface area contributed by atoms with Gasteiger partial charge in [0, 0.05) is 12.7 Å². The summed E-state index contributed by atoms with van der Waals surface area (Å²) in [6, 6.07) is 5.96. The average molecular weight is 374 g/mol. The van der Waals surface area contributed by atoms with Crippen molar-refractivity contribution in [2.24, 2.45) is 0 Å². The lowest BCUT2D eigenvalue weighted by Crippen LogP contribution is -2.31. The van der Waals surface area contributed by atoms with Crippen molar-refractivity contribution >= 4 is 50.9 Å². The van der Waals surface area contributed by atoms with E-state index in [1.807, 2.05) is 50.2 Å². The van der Waals surface area contributed by atoms with Crippen LogP contribution in [0.2, 0.25) is 0 Å². The molecule has 8 heteroatoms. The zero-order valence-corrected chi connectivity index (χ0v) is 16.2. The summed E-state index contributed by atoms with van der Waals surface area (Å²) in [6.07, 6.45) is 3.47. The highest BCUT2D eigenvalue weighted by Gasteiger charge is 2.16. The number of thioether (sulfide) groups is 1. The molecule has 1 N–H and O–H groups in total. The number of likely N-dealkylation sites (N-methyl/N-ethyl adjacent to an activating group) is 1. The molecule has 1 amide bonds. The Bertz CT molecular complexity index is 904. The van der Waals surface area contributed by atoms with Crippen molar-refractivity contribution < 1.29 is 4.79 Å². The molecule has 1 aromatic carbocycles. The first-order valence-corrected chi connectivity index (χ1v) is 9.76. The van der Waals surface area contributed by atoms with Crippen molar-refractivity contribution in [1.82, 2.24) is 15.0 Å². The molecule has 0 spiro atoms. The van der Waals surface area contributed by atoms with Crippen molar-refractivity contribution in [3.63, 3.8) is 0 Å². The van der Waals surface area contributed by atoms with E-state index >= 15 is 0 Å². The number of fused-ring (bicyclic) bond motifs is 1. The number of aromatic nitrogens is 3. The second-order valence-corrected chi connectivity index (χ2v) is 7.76. The minimum Gasteiger partial charge on any atom is -0.349 e. The number of amides is 1. The lowest BCUT2D eigenvalue weighted by atomic mass is 10.1. The molecule has 6 nitrogen and oxygen atoms in total. The van der Waals surface area contributed by atoms with Gasteiger partial charge in [0.25, 0.3) is 0 Å². The van der Waals surface area contributed by atoms with Crippen LogP contribution < -0.4 is 10.2 Å². The van der Waals surface area contributed by atoms with Gasteiger partial charge in [0.15, 0.2) is 15.8 Å². The average Bonchev–Trinajstić information content (AvgIpc) is 3.01. The maximum Gasteiger partial charge on any atom is 0.243 e. The van der Waals surface area contributed by atoms with Gasteiger partial charge in [-0.1, -0.05) is 30.0 Å². The lowest BCUT2D eigenvalue weighted by molar-refractivity contribution is -0.114. The van der Waals surface area contributed by atoms with Crippen molar-refractivity contribution in [3.8, 4) is 0 Å². The first kappa shape index (κ1) is 17.6. The standard InChI is InChI=1S/C17H19N5OS2/c1-10-6-5-7-11(2)13(10)20-12(23)8-22(3)16-14-15(18-9-19-16)21-17(24-4)25-14/h5-7,9H,8H2,1-4H3,(H,20,23). The van der Waals surface area contributed by atoms with Crippen LogP contribution in [0, 0.1) is 13.8 Å². The number of rotatable bonds is 5. The molecule has 0 aliphatic carbocycles. The number of nitrogens with one attached hydrogen (secondary N) is 1. The van der Waals surface area contributed by atoms with Gasteiger partial charge in [0.1, 0.15) is 11.0 Å². The van der Waals surface area contributed by atoms with E-state index in [4.69, 9.17) is 0 Å². The third-order valence-electron chi connectivity index (χ3n) is 3.82. The maximum absolute atomic E-state index is 12.5. The number of nitrogens with zero attached hydrogens (tertiary/aromatic N) is 4. The topological polar surface area (TPSA) is 71.0 Å². The monoisotopic (exact) mass is 373 g/mol. The van der Waals surface area contributed by atoms with Gasteiger partial charge in [-0.15, -0.1) is 11.3 Å². The molecule has 0 aliphatic rings. The van der Waals surface area contributed by atoms with Crippen LogP contribution in [0.3, 0.4) is 0 Å². The summed E-state index contributed by atoms with van der Waals surface area (Å²) in [6.45, 7) is 4.18. The molecular weight excluding hydrogens is 354 g/mol. The highest BCUT2D eigenvalue weighted by Crippen LogP contribution is 2.32. The Balaban J connectivity index is 1.79. The predicted molar refractivity (Wildman–Crippen MR) is 105 cm³/mol. The van der Waals surface area contributed by atoms with Crippen LogP contribution in [0.1, 0.15) is 11.1 Å². The van der Waals surface area contributed by atoms with Crippen LogP contribution in [0.5, 0.6) is 0 Å². The highest BCUT2D eigenvalue weighted by molar-refractivity contribution is 8.00. The molecule has 0 aliphatic heterocycles. The van der Waals surface area contributed by atoms with E-state index in [2.05, 4.69) is 20.3 Å². The van der Waals surface area contributed by atoms with Crippen molar-refractivity contribution in [3.05, 3.63) is 35.7 Å². The van der Waals surface area contributed by atoms with Crippen LogP contribution in [-0.2, 0) is 4.79 Å². The molecule has 0 atom stereocenters. The zero-order valence-electron chi connectivity index (χ0n) is 14.5. The zero-order chi connectivity index (χ0) is 18.0. The Morgan fingerprint density at radius 2 is 2.00 bits per heavy atom. The Morgan fingerprint density at radius 3 is 2.68 bits per heavy atom. The van der Waals surface area contributed by atoms with E-state index in [9.17, 15) is 4.79 Å². The number of anilines is 2. The fraction of sp³-hybridized carbons (Fsp3) is 0.294. The van der Waals surface area contributed by atoms with Gasteiger partial charge in [0.05, 0.1) is 6.54 Å². The summed E-state index contributed by atoms with van der Waals surface area (Å²) in [5, 5.41) is 3.00. The van der Waals surface area contributed by atoms with Gasteiger partial charge in [-0.25, -0.2) is 15.0 Å². The molecule has 3 aromatic rings. The largest absolute Gasteiger partial charge is 0.349 e. The molecule has 0 radical (unpaired) electrons. The molecule has 2 heterocycles. The molecule has 3 rings (SSSR count). The minimum absolute atomic E-state index is 0.0822. The molecule has 0 saturated carbocycles. The van der Waals surface area contributed by atoms with Crippen LogP contribution in [0.25, 0.3) is 10.3 Å². The van der Waals surface area contributed by atoms with Gasteiger partial charge in [0.2, 0.25) is 5.91 Å². The molecule has 0 bridgehead atoms. The highest BCUT2D eigenvalue weighted by atomic mass is 32.2. The quantitative estimate of drug-likeness (QED) is 0.690. The van der Waals surface area contributed by atoms with Gasteiger partial charge in [-0.2, -0.15) is 0 Å². The third kappa shape index (κ3) is 3.74. The predicted octanol–water partition coefficient (Wildman–Crippen LogP) is 3.50. The van der Waals surface area contributed by atoms with E-state index < -0.39 is 0 Å². The van der Waals surface area contributed by atoms with E-state index in [0.717, 1.165) is 31.7 Å². The van der Waals surface area contributed by atoms with Crippen molar-refractivity contribution in [2.45, 2.75) is 18.2 Å². The molecule has 0 fully saturated rings. The first-order chi connectivity index (χ1) is 12.0. The Hall–Kier alpha value is -2.19. The number of carbonyl (C=O) groups is 1. The molecule has 2 aromatic heterocycles. The Morgan fingerprint density at radius 1 is 1.28 bits per heavy atom. The summed E-state index contributed by atoms with van der Waals surface area (Å²) >= 11 is 3.12. The Kier molecular flexibility index (Phi) is 5.19. The van der Waals surface area contributed by atoms with Gasteiger partial charge in [-0.05, 0) is 31.2 Å². The first-order valence-electron chi connectivity index (χ1n) is 7.72. The number of para-hydroxylation sites is 1. The van der Waals surface area contributed by atoms with Crippen LogP contribution in [0.4, 0.5) is 11.5 Å². The number of aryl methyl sites for hydroxylation is 2. The maximum atomic E-state index is 12.5. The van der Waals surface area contributed by atoms with Gasteiger partial charge in [-0.3, -0.25) is 4.79 Å². The lowest BCUT2D eigenvalue weighted by Gasteiger charge is -2.19. The molecule has 130 valence electrons. The summed E-state index contributed by atoms with van der Waals surface area (Å²) in [4.78, 5) is 27.3. The van der Waals surface area contributed by atoms with Crippen LogP contribution in [-0.4, -0.2) is 40.7 Å². The fourth-order valence-electron chi connectivity index (χ4n) is 2.56. The van der Waals surface area contributed by atoms with E-state index in [1.165, 1.54) is 6.33 Å². The molecular formula is C17H19N5OS2. The van der Waals surface area contributed by atoms with Crippen molar-refractivity contribution in [2.75, 3.05) is 30.1 Å². The summed E-state index contributed by atoms with van der Waals surface area (Å²) in [5.74, 6) is 0.640. The Labute approximate surface area is 154 Å². The van der Waals surface area contributed by atoms with Gasteiger partial charge < -0.3 is 10.2 Å². The van der Waals surface area contributed by atoms with Crippen LogP contribution >= 0.6 is 23.1 Å². The second kappa shape index (κ2) is 7.37. The molecule has 0 saturated heterocycles. The van der Waals surface area contributed by atoms with Crippen LogP contribution in [0.15, 0.2) is 28.9 Å². The van der Waals surface area contributed by atoms with E-state index in [-0.39, 0.29) is 12.5 Å². The number of benzene rings is 1. The summed E-state index contributed by atoms with van der Waals surface area (Å²) < 4.78 is 1.83. The third-order valence-corrected chi connectivity index (χ3v) is 5.84. The van der Waals surface area contributed by atoms with Crippen molar-refractivity contribution in [1.29, 1.82) is 0 Å². The molecule has 0 unspecified atom stereocenters. The smallest absolute Gasteiger partial charge is 0.243 e. The summed E-state index contributed by atoms with van der Waals surface area (Å²) in [5.41, 5.74) is 3.64. The van der Waals surface area contributed by atoms with E-state index in [0.29, 0.717) is 5.65 Å². The number of thiazole rings is 1. The SMILES string of the molecule is CSc1nc2ncnc(N(C)CC(=O)Nc3c(C)cccc3C)c2s1. The van der Waals surface area contributed by atoms with Gasteiger partial charge >= 0.3 is 0 Å². The normalized spacial score (nSPS) is 10.9. The number of carbonyl (C=O) groups excluding carboxylic acids is 1. The second-order valence-electron chi connectivity index (χ2n) is 5.70. The minimum atomic E-state index is -0.0822. The molecule has 25 heavy (non-hydrogen) atoms. The summed E-state index contributed by atoms with van der Waals surface area (Å²) in [7, 11) is 1.85. The number of hydrogen-bond acceptors (Lipinski definition) is 7. The van der Waals surface area contributed by atoms with E-state index in [1.54, 1.807) is 23.1 Å².